The molecule has 5 rings (SSSR count). The predicted octanol–water partition coefficient (Wildman–Crippen LogP) is 3.74. The van der Waals surface area contributed by atoms with E-state index >= 15 is 0 Å². The van der Waals surface area contributed by atoms with Crippen molar-refractivity contribution in [3.63, 3.8) is 0 Å². The lowest BCUT2D eigenvalue weighted by atomic mass is 9.97. The van der Waals surface area contributed by atoms with Gasteiger partial charge in [0.1, 0.15) is 28.5 Å². The molecule has 1 saturated heterocycles. The van der Waals surface area contributed by atoms with Gasteiger partial charge in [-0.2, -0.15) is 0 Å². The van der Waals surface area contributed by atoms with Crippen LogP contribution in [0.1, 0.15) is 50.3 Å². The number of carbonyl (C=O) groups is 1. The average molecular weight is 583 g/mol. The van der Waals surface area contributed by atoms with E-state index in [0.29, 0.717) is 58.4 Å². The lowest BCUT2D eigenvalue weighted by Gasteiger charge is -2.30. The van der Waals surface area contributed by atoms with E-state index in [1.165, 1.54) is 35.3 Å². The van der Waals surface area contributed by atoms with Crippen molar-refractivity contribution in [1.82, 2.24) is 14.1 Å². The number of ether oxygens (including phenoxy) is 3. The Hall–Kier alpha value is -3.74. The molecule has 0 spiro atoms. The van der Waals surface area contributed by atoms with Crippen LogP contribution in [0.15, 0.2) is 50.7 Å². The van der Waals surface area contributed by atoms with Crippen molar-refractivity contribution in [3.8, 4) is 16.5 Å². The number of amides is 1. The van der Waals surface area contributed by atoms with Gasteiger partial charge in [-0.25, -0.2) is 14.3 Å². The maximum atomic E-state index is 14.3. The number of rotatable bonds is 10. The Morgan fingerprint density at radius 3 is 2.63 bits per heavy atom. The number of nitrogens with zero attached hydrogens (tertiary/aromatic N) is 3. The van der Waals surface area contributed by atoms with Crippen LogP contribution in [0, 0.1) is 6.92 Å². The molecule has 1 aliphatic heterocycles. The summed E-state index contributed by atoms with van der Waals surface area (Å²) < 4.78 is 25.9. The first-order valence-electron chi connectivity index (χ1n) is 13.6. The smallest absolute Gasteiger partial charge is 0.333 e. The molecule has 0 aliphatic carbocycles. The van der Waals surface area contributed by atoms with Gasteiger partial charge in [-0.05, 0) is 44.7 Å². The van der Waals surface area contributed by atoms with Gasteiger partial charge in [0.25, 0.3) is 5.56 Å². The number of nitrogens with two attached hydrogens (primary N) is 1. The van der Waals surface area contributed by atoms with Crippen LogP contribution in [0.3, 0.4) is 0 Å². The molecule has 2 N–H and O–H groups in total. The maximum Gasteiger partial charge on any atom is 0.333 e. The van der Waals surface area contributed by atoms with Gasteiger partial charge in [-0.1, -0.05) is 25.1 Å². The van der Waals surface area contributed by atoms with Gasteiger partial charge in [0.05, 0.1) is 36.2 Å². The summed E-state index contributed by atoms with van der Waals surface area (Å²) in [6.07, 6.45) is 3.81. The van der Waals surface area contributed by atoms with Gasteiger partial charge in [0, 0.05) is 18.8 Å². The predicted molar refractivity (Wildman–Crippen MR) is 154 cm³/mol. The number of hydrogen-bond acceptors (Lipinski definition) is 9. The van der Waals surface area contributed by atoms with Crippen LogP contribution in [0.25, 0.3) is 21.0 Å². The molecule has 1 fully saturated rings. The normalized spacial score (nSPS) is 16.5. The van der Waals surface area contributed by atoms with E-state index in [4.69, 9.17) is 24.4 Å². The summed E-state index contributed by atoms with van der Waals surface area (Å²) in [5.74, 6) is 0.174. The van der Waals surface area contributed by atoms with Gasteiger partial charge in [0.2, 0.25) is 11.8 Å². The highest BCUT2D eigenvalue weighted by Gasteiger charge is 2.37. The van der Waals surface area contributed by atoms with Gasteiger partial charge >= 0.3 is 5.69 Å². The largest absolute Gasteiger partial charge is 0.496 e. The monoisotopic (exact) mass is 582 g/mol. The lowest BCUT2D eigenvalue weighted by molar-refractivity contribution is -0.126. The highest BCUT2D eigenvalue weighted by molar-refractivity contribution is 7.22. The van der Waals surface area contributed by atoms with Crippen LogP contribution < -0.4 is 21.7 Å². The fourth-order valence-electron chi connectivity index (χ4n) is 5.28. The van der Waals surface area contributed by atoms with Gasteiger partial charge in [0.15, 0.2) is 0 Å². The first kappa shape index (κ1) is 28.8. The molecule has 218 valence electrons. The summed E-state index contributed by atoms with van der Waals surface area (Å²) in [5, 5.41) is 0.300. The number of methoxy groups -OCH3 is 1. The van der Waals surface area contributed by atoms with Crippen LogP contribution in [-0.4, -0.2) is 46.5 Å². The molecule has 0 radical (unpaired) electrons. The first-order chi connectivity index (χ1) is 19.7. The summed E-state index contributed by atoms with van der Waals surface area (Å²) in [7, 11) is 1.58. The van der Waals surface area contributed by atoms with Crippen molar-refractivity contribution < 1.29 is 23.4 Å². The number of para-hydroxylation sites is 1. The quantitative estimate of drug-likeness (QED) is 0.298. The van der Waals surface area contributed by atoms with E-state index in [0.717, 1.165) is 10.1 Å². The number of benzene rings is 1. The SMILES string of the molecule is CCC(C)(C(N)=O)n1c(=O)c2c(C)c(-c3ncco3)sc2n(C[C@H](OC2CCOCC2)c2ccccc2OC)c1=O. The van der Waals surface area contributed by atoms with Crippen LogP contribution in [-0.2, 0) is 26.4 Å². The van der Waals surface area contributed by atoms with Crippen molar-refractivity contribution in [2.75, 3.05) is 20.3 Å². The number of aryl methyl sites for hydroxylation is 1. The minimum atomic E-state index is -1.55. The molecule has 3 aromatic heterocycles. The third-order valence-electron chi connectivity index (χ3n) is 7.91. The Morgan fingerprint density at radius 1 is 1.27 bits per heavy atom. The molecule has 4 aromatic rings. The van der Waals surface area contributed by atoms with Crippen molar-refractivity contribution in [1.29, 1.82) is 0 Å². The molecule has 41 heavy (non-hydrogen) atoms. The van der Waals surface area contributed by atoms with Crippen LogP contribution in [0.4, 0.5) is 0 Å². The number of thiophene rings is 1. The standard InChI is InChI=1S/C29H34N4O7S/c1-5-29(3,27(30)35)33-25(34)22-17(2)23(24-31-12-15-39-24)41-26(22)32(28(33)36)16-21(40-18-10-13-38-14-11-18)19-8-6-7-9-20(19)37-4/h6-9,12,15,18,21H,5,10-11,13-14,16H2,1-4H3,(H2,30,35)/t21-,29?/m0/s1. The van der Waals surface area contributed by atoms with Gasteiger partial charge in [-0.15, -0.1) is 11.3 Å². The third kappa shape index (κ3) is 5.11. The molecule has 12 heteroatoms. The van der Waals surface area contributed by atoms with Gasteiger partial charge in [-0.3, -0.25) is 14.2 Å². The average Bonchev–Trinajstić information content (AvgIpc) is 3.63. The number of oxazole rings is 1. The molecular formula is C29H34N4O7S. The lowest BCUT2D eigenvalue weighted by Crippen LogP contribution is -2.56. The van der Waals surface area contributed by atoms with Gasteiger partial charge < -0.3 is 24.4 Å². The summed E-state index contributed by atoms with van der Waals surface area (Å²) in [4.78, 5) is 46.4. The minimum absolute atomic E-state index is 0.0525. The number of aromatic nitrogens is 3. The minimum Gasteiger partial charge on any atom is -0.496 e. The molecular weight excluding hydrogens is 548 g/mol. The molecule has 1 aromatic carbocycles. The topological polar surface area (TPSA) is 141 Å². The van der Waals surface area contributed by atoms with E-state index in [-0.39, 0.29) is 19.1 Å². The summed E-state index contributed by atoms with van der Waals surface area (Å²) in [6.45, 7) is 6.22. The zero-order chi connectivity index (χ0) is 29.3. The highest BCUT2D eigenvalue weighted by atomic mass is 32.1. The molecule has 1 unspecified atom stereocenters. The van der Waals surface area contributed by atoms with E-state index in [9.17, 15) is 14.4 Å². The van der Waals surface area contributed by atoms with Crippen molar-refractivity contribution in [2.45, 2.75) is 64.3 Å². The van der Waals surface area contributed by atoms with Crippen molar-refractivity contribution in [3.05, 3.63) is 68.7 Å². The second kappa shape index (κ2) is 11.6. The van der Waals surface area contributed by atoms with Crippen LogP contribution >= 0.6 is 11.3 Å². The first-order valence-corrected chi connectivity index (χ1v) is 14.4. The highest BCUT2D eigenvalue weighted by Crippen LogP contribution is 2.38. The van der Waals surface area contributed by atoms with Crippen LogP contribution in [0.5, 0.6) is 5.75 Å². The molecule has 11 nitrogen and oxygen atoms in total. The molecule has 0 saturated carbocycles. The van der Waals surface area contributed by atoms with Crippen molar-refractivity contribution in [2.24, 2.45) is 5.73 Å². The Balaban J connectivity index is 1.77. The van der Waals surface area contributed by atoms with Crippen LogP contribution in [0.2, 0.25) is 0 Å². The van der Waals surface area contributed by atoms with E-state index < -0.39 is 28.8 Å². The number of primary amides is 1. The number of fused-ring (bicyclic) bond motifs is 1. The van der Waals surface area contributed by atoms with Crippen molar-refractivity contribution >= 4 is 27.5 Å². The third-order valence-corrected chi connectivity index (χ3v) is 9.21. The molecule has 1 amide bonds. The zero-order valence-corrected chi connectivity index (χ0v) is 24.4. The Labute approximate surface area is 240 Å². The summed E-state index contributed by atoms with van der Waals surface area (Å²) in [5.41, 5.74) is 4.36. The van der Waals surface area contributed by atoms with E-state index in [1.54, 1.807) is 21.0 Å². The molecule has 2 atom stereocenters. The Kier molecular flexibility index (Phi) is 8.16. The molecule has 1 aliphatic rings. The fourth-order valence-corrected chi connectivity index (χ4v) is 6.52. The van der Waals surface area contributed by atoms with E-state index in [2.05, 4.69) is 4.98 Å². The second-order valence-corrected chi connectivity index (χ2v) is 11.3. The summed E-state index contributed by atoms with van der Waals surface area (Å²) >= 11 is 1.24. The van der Waals surface area contributed by atoms with E-state index in [1.807, 2.05) is 24.3 Å². The number of hydrogen-bond donors (Lipinski definition) is 1. The Bertz CT molecular complexity index is 1670. The summed E-state index contributed by atoms with van der Waals surface area (Å²) in [6, 6.07) is 7.49. The fraction of sp³-hybridized carbons (Fsp3) is 0.448. The second-order valence-electron chi connectivity index (χ2n) is 10.3. The molecule has 0 bridgehead atoms. The number of carbonyl (C=O) groups excluding carboxylic acids is 1. The maximum absolute atomic E-state index is 14.3. The molecule has 4 heterocycles. The zero-order valence-electron chi connectivity index (χ0n) is 23.5. The Morgan fingerprint density at radius 2 is 2.00 bits per heavy atom.